The van der Waals surface area contributed by atoms with Gasteiger partial charge in [-0.15, -0.1) is 0 Å². The van der Waals surface area contributed by atoms with Crippen molar-refractivity contribution in [1.82, 2.24) is 19.7 Å². The van der Waals surface area contributed by atoms with Crippen LogP contribution < -0.4 is 0 Å². The number of carbonyl (C=O) groups is 1. The van der Waals surface area contributed by atoms with Crippen molar-refractivity contribution in [3.63, 3.8) is 0 Å². The van der Waals surface area contributed by atoms with Gasteiger partial charge in [-0.3, -0.25) is 4.68 Å². The van der Waals surface area contributed by atoms with E-state index >= 15 is 0 Å². The van der Waals surface area contributed by atoms with Crippen LogP contribution in [0, 0.1) is 0 Å². The van der Waals surface area contributed by atoms with Gasteiger partial charge in [0, 0.05) is 18.6 Å². The fourth-order valence-corrected chi connectivity index (χ4v) is 2.72. The van der Waals surface area contributed by atoms with Crippen molar-refractivity contribution in [3.8, 4) is 0 Å². The van der Waals surface area contributed by atoms with E-state index in [2.05, 4.69) is 15.1 Å². The molecule has 3 aromatic rings. The summed E-state index contributed by atoms with van der Waals surface area (Å²) in [6.07, 6.45) is 5.08. The molecule has 100 valence electrons. The maximum atomic E-state index is 11.0. The average Bonchev–Trinajstić information content (AvgIpc) is 2.84. The summed E-state index contributed by atoms with van der Waals surface area (Å²) < 4.78 is 1.72. The highest BCUT2D eigenvalue weighted by Gasteiger charge is 2.10. The summed E-state index contributed by atoms with van der Waals surface area (Å²) in [6.45, 7) is 0. The molecule has 0 atom stereocenters. The average molecular weight is 286 g/mol. The molecular weight excluding hydrogens is 276 g/mol. The summed E-state index contributed by atoms with van der Waals surface area (Å²) in [6, 6.07) is 4.84. The zero-order chi connectivity index (χ0) is 14.1. The van der Waals surface area contributed by atoms with Gasteiger partial charge in [0.05, 0.1) is 22.2 Å². The Morgan fingerprint density at radius 3 is 2.90 bits per heavy atom. The zero-order valence-electron chi connectivity index (χ0n) is 10.5. The van der Waals surface area contributed by atoms with Crippen LogP contribution in [0.25, 0.3) is 10.9 Å². The van der Waals surface area contributed by atoms with Crippen LogP contribution >= 0.6 is 11.8 Å². The number of aromatic nitrogens is 4. The molecule has 0 saturated carbocycles. The molecule has 2 heterocycles. The molecule has 6 nitrogen and oxygen atoms in total. The molecule has 1 aromatic carbocycles. The maximum absolute atomic E-state index is 11.0. The number of carboxylic acid groups (broad SMARTS) is 1. The molecule has 1 N–H and O–H groups in total. The molecular formula is C13H10N4O2S. The van der Waals surface area contributed by atoms with Crippen molar-refractivity contribution in [2.75, 3.05) is 0 Å². The molecule has 3 rings (SSSR count). The molecule has 7 heteroatoms. The lowest BCUT2D eigenvalue weighted by Crippen LogP contribution is -1.96. The minimum Gasteiger partial charge on any atom is -0.478 e. The molecule has 0 fully saturated rings. The van der Waals surface area contributed by atoms with Gasteiger partial charge in [-0.2, -0.15) is 5.10 Å². The highest BCUT2D eigenvalue weighted by Crippen LogP contribution is 2.30. The number of aromatic carboxylic acids is 1. The predicted molar refractivity (Wildman–Crippen MR) is 73.8 cm³/mol. The van der Waals surface area contributed by atoms with E-state index in [-0.39, 0.29) is 5.56 Å². The summed E-state index contributed by atoms with van der Waals surface area (Å²) in [5.74, 6) is -0.966. The molecule has 0 aliphatic carbocycles. The Labute approximate surface area is 118 Å². The third-order valence-electron chi connectivity index (χ3n) is 2.74. The fraction of sp³-hybridized carbons (Fsp3) is 0.0769. The van der Waals surface area contributed by atoms with E-state index < -0.39 is 5.97 Å². The van der Waals surface area contributed by atoms with Crippen molar-refractivity contribution in [2.45, 2.75) is 9.92 Å². The first-order valence-electron chi connectivity index (χ1n) is 5.78. The van der Waals surface area contributed by atoms with Crippen LogP contribution in [0.4, 0.5) is 0 Å². The van der Waals surface area contributed by atoms with Crippen LogP contribution in [0.5, 0.6) is 0 Å². The Kier molecular flexibility index (Phi) is 3.11. The Bertz CT molecular complexity index is 800. The van der Waals surface area contributed by atoms with Gasteiger partial charge in [-0.05, 0) is 18.2 Å². The lowest BCUT2D eigenvalue weighted by atomic mass is 10.1. The van der Waals surface area contributed by atoms with E-state index in [9.17, 15) is 4.79 Å². The van der Waals surface area contributed by atoms with E-state index in [0.29, 0.717) is 5.52 Å². The second kappa shape index (κ2) is 4.93. The minimum absolute atomic E-state index is 0.216. The lowest BCUT2D eigenvalue weighted by molar-refractivity contribution is 0.0697. The highest BCUT2D eigenvalue weighted by molar-refractivity contribution is 7.99. The first-order valence-corrected chi connectivity index (χ1v) is 6.60. The van der Waals surface area contributed by atoms with Crippen molar-refractivity contribution < 1.29 is 9.90 Å². The van der Waals surface area contributed by atoms with Crippen LogP contribution in [0.1, 0.15) is 10.4 Å². The molecule has 0 aliphatic heterocycles. The van der Waals surface area contributed by atoms with E-state index in [1.54, 1.807) is 29.1 Å². The largest absolute Gasteiger partial charge is 0.478 e. The van der Waals surface area contributed by atoms with Crippen molar-refractivity contribution in [2.24, 2.45) is 7.05 Å². The van der Waals surface area contributed by atoms with E-state index in [0.717, 1.165) is 15.3 Å². The Morgan fingerprint density at radius 2 is 2.20 bits per heavy atom. The molecule has 2 aromatic heterocycles. The fourth-order valence-electron chi connectivity index (χ4n) is 1.81. The van der Waals surface area contributed by atoms with Crippen molar-refractivity contribution in [1.29, 1.82) is 0 Å². The molecule has 0 spiro atoms. The van der Waals surface area contributed by atoms with Crippen LogP contribution in [0.15, 0.2) is 46.8 Å². The third kappa shape index (κ3) is 2.35. The first-order chi connectivity index (χ1) is 9.63. The van der Waals surface area contributed by atoms with E-state index in [1.807, 2.05) is 13.2 Å². The molecule has 0 saturated heterocycles. The van der Waals surface area contributed by atoms with Gasteiger partial charge in [0.25, 0.3) is 0 Å². The quantitative estimate of drug-likeness (QED) is 0.743. The number of fused-ring (bicyclic) bond motifs is 1. The SMILES string of the molecule is Cn1cc(Sc2ncnc3cc(C(=O)O)ccc23)cn1. The van der Waals surface area contributed by atoms with Gasteiger partial charge in [0.15, 0.2) is 0 Å². The number of hydrogen-bond acceptors (Lipinski definition) is 5. The lowest BCUT2D eigenvalue weighted by Gasteiger charge is -2.04. The molecule has 0 bridgehead atoms. The molecule has 0 radical (unpaired) electrons. The Morgan fingerprint density at radius 1 is 1.35 bits per heavy atom. The second-order valence-corrected chi connectivity index (χ2v) is 5.23. The molecule has 0 amide bonds. The molecule has 20 heavy (non-hydrogen) atoms. The monoisotopic (exact) mass is 286 g/mol. The van der Waals surface area contributed by atoms with Crippen LogP contribution in [-0.4, -0.2) is 30.8 Å². The molecule has 0 aliphatic rings. The van der Waals surface area contributed by atoms with Crippen LogP contribution in [-0.2, 0) is 7.05 Å². The number of carboxylic acids is 1. The van der Waals surface area contributed by atoms with E-state index in [4.69, 9.17) is 5.11 Å². The van der Waals surface area contributed by atoms with Gasteiger partial charge in [-0.1, -0.05) is 11.8 Å². The first kappa shape index (κ1) is 12.6. The standard InChI is InChI=1S/C13H10N4O2S/c1-17-6-9(5-16-17)20-12-10-3-2-8(13(18)19)4-11(10)14-7-15-12/h2-7H,1H3,(H,18,19). The highest BCUT2D eigenvalue weighted by atomic mass is 32.2. The van der Waals surface area contributed by atoms with Crippen molar-refractivity contribution in [3.05, 3.63) is 42.5 Å². The number of benzene rings is 1. The number of hydrogen-bond donors (Lipinski definition) is 1. The van der Waals surface area contributed by atoms with Gasteiger partial charge >= 0.3 is 5.97 Å². The summed E-state index contributed by atoms with van der Waals surface area (Å²) in [7, 11) is 1.85. The summed E-state index contributed by atoms with van der Waals surface area (Å²) in [4.78, 5) is 20.3. The summed E-state index contributed by atoms with van der Waals surface area (Å²) >= 11 is 1.47. The zero-order valence-corrected chi connectivity index (χ0v) is 11.3. The number of rotatable bonds is 3. The normalized spacial score (nSPS) is 10.8. The topological polar surface area (TPSA) is 80.9 Å². The summed E-state index contributed by atoms with van der Waals surface area (Å²) in [5, 5.41) is 14.7. The smallest absolute Gasteiger partial charge is 0.335 e. The number of aryl methyl sites for hydroxylation is 1. The Balaban J connectivity index is 2.05. The van der Waals surface area contributed by atoms with E-state index in [1.165, 1.54) is 18.1 Å². The maximum Gasteiger partial charge on any atom is 0.335 e. The van der Waals surface area contributed by atoms with Gasteiger partial charge < -0.3 is 5.11 Å². The van der Waals surface area contributed by atoms with Crippen LogP contribution in [0.3, 0.4) is 0 Å². The predicted octanol–water partition coefficient (Wildman–Crippen LogP) is 2.21. The van der Waals surface area contributed by atoms with Crippen molar-refractivity contribution >= 4 is 28.6 Å². The van der Waals surface area contributed by atoms with Gasteiger partial charge in [-0.25, -0.2) is 14.8 Å². The second-order valence-electron chi connectivity index (χ2n) is 4.17. The number of nitrogens with zero attached hydrogens (tertiary/aromatic N) is 4. The van der Waals surface area contributed by atoms with Gasteiger partial charge in [0.1, 0.15) is 11.4 Å². The molecule has 0 unspecified atom stereocenters. The Hall–Kier alpha value is -2.41. The van der Waals surface area contributed by atoms with Crippen LogP contribution in [0.2, 0.25) is 0 Å². The van der Waals surface area contributed by atoms with Gasteiger partial charge in [0.2, 0.25) is 0 Å². The summed E-state index contributed by atoms with van der Waals surface area (Å²) in [5.41, 5.74) is 0.833. The minimum atomic E-state index is -0.966. The third-order valence-corrected chi connectivity index (χ3v) is 3.71.